The van der Waals surface area contributed by atoms with Gasteiger partial charge in [0.15, 0.2) is 0 Å². The van der Waals surface area contributed by atoms with Crippen LogP contribution in [0.25, 0.3) is 0 Å². The summed E-state index contributed by atoms with van der Waals surface area (Å²) < 4.78 is 5.92. The smallest absolute Gasteiger partial charge is 0.302 e. The molecule has 5 nitrogen and oxygen atoms in total. The topological polar surface area (TPSA) is 75.6 Å². The largest absolute Gasteiger partial charge is 0.462 e. The summed E-state index contributed by atoms with van der Waals surface area (Å²) in [4.78, 5) is 26.1. The fraction of sp³-hybridized carbons (Fsp3) is 0.889. The Morgan fingerprint density at radius 3 is 2.37 bits per heavy atom. The van der Waals surface area contributed by atoms with E-state index in [0.29, 0.717) is 36.1 Å². The first-order chi connectivity index (χ1) is 19.2. The van der Waals surface area contributed by atoms with Crippen molar-refractivity contribution in [3.05, 3.63) is 11.6 Å². The fourth-order valence-corrected chi connectivity index (χ4v) is 11.9. The van der Waals surface area contributed by atoms with Crippen LogP contribution in [-0.4, -0.2) is 36.2 Å². The number of allylic oxidation sites excluding steroid dienone is 2. The van der Waals surface area contributed by atoms with Crippen LogP contribution in [0.1, 0.15) is 126 Å². The zero-order valence-corrected chi connectivity index (χ0v) is 27.4. The van der Waals surface area contributed by atoms with Gasteiger partial charge in [-0.3, -0.25) is 9.59 Å². The average Bonchev–Trinajstić information content (AvgIpc) is 2.90. The molecule has 5 heteroatoms. The molecule has 2 N–H and O–H groups in total. The molecule has 1 amide bonds. The van der Waals surface area contributed by atoms with Crippen LogP contribution < -0.4 is 5.32 Å². The molecule has 41 heavy (non-hydrogen) atoms. The van der Waals surface area contributed by atoms with Gasteiger partial charge in [0.1, 0.15) is 6.10 Å². The summed E-state index contributed by atoms with van der Waals surface area (Å²) in [6.07, 6.45) is 14.0. The van der Waals surface area contributed by atoms with Gasteiger partial charge in [0, 0.05) is 25.5 Å². The molecule has 5 rings (SSSR count). The molecule has 3 unspecified atom stereocenters. The predicted octanol–water partition coefficient (Wildman–Crippen LogP) is 7.46. The van der Waals surface area contributed by atoms with E-state index >= 15 is 0 Å². The molecule has 5 aliphatic rings. The fourth-order valence-electron chi connectivity index (χ4n) is 11.9. The van der Waals surface area contributed by atoms with Crippen molar-refractivity contribution in [2.24, 2.45) is 56.7 Å². The Morgan fingerprint density at radius 2 is 1.68 bits per heavy atom. The van der Waals surface area contributed by atoms with Crippen molar-refractivity contribution in [1.82, 2.24) is 5.32 Å². The first-order valence-electron chi connectivity index (χ1n) is 17.0. The van der Waals surface area contributed by atoms with Gasteiger partial charge in [-0.05, 0) is 116 Å². The molecular weight excluding hydrogens is 510 g/mol. The molecule has 0 aromatic heterocycles. The SMILES string of the molecule is CC(=O)O[C@H]1CC[C@@]2(C)C(CC[C@]3(C)C2CC=C2C4[C@@H](C)[C@H](C)CC[C@]4(C(=O)NCCCCO)CC[C@]23C)C1(C)C. The lowest BCUT2D eigenvalue weighted by molar-refractivity contribution is -0.212. The molecule has 0 aliphatic heterocycles. The van der Waals surface area contributed by atoms with Crippen LogP contribution in [-0.2, 0) is 14.3 Å². The highest BCUT2D eigenvalue weighted by molar-refractivity contribution is 5.84. The number of ether oxygens (including phenoxy) is 1. The summed E-state index contributed by atoms with van der Waals surface area (Å²) in [5, 5.41) is 12.6. The molecule has 10 atom stereocenters. The Bertz CT molecular complexity index is 1070. The Labute approximate surface area is 250 Å². The monoisotopic (exact) mass is 569 g/mol. The zero-order chi connectivity index (χ0) is 30.0. The number of rotatable bonds is 6. The summed E-state index contributed by atoms with van der Waals surface area (Å²) in [5.41, 5.74) is 1.78. The molecule has 0 bridgehead atoms. The summed E-state index contributed by atoms with van der Waals surface area (Å²) in [6, 6.07) is 0. The van der Waals surface area contributed by atoms with E-state index in [-0.39, 0.29) is 51.7 Å². The first-order valence-corrected chi connectivity index (χ1v) is 17.0. The van der Waals surface area contributed by atoms with Gasteiger partial charge in [-0.25, -0.2) is 0 Å². The summed E-state index contributed by atoms with van der Waals surface area (Å²) in [7, 11) is 0. The average molecular weight is 570 g/mol. The van der Waals surface area contributed by atoms with E-state index in [2.05, 4.69) is 59.9 Å². The van der Waals surface area contributed by atoms with Crippen LogP contribution >= 0.6 is 0 Å². The number of fused-ring (bicyclic) bond motifs is 7. The lowest BCUT2D eigenvalue weighted by Crippen LogP contribution is -2.66. The zero-order valence-electron chi connectivity index (χ0n) is 27.4. The van der Waals surface area contributed by atoms with Crippen molar-refractivity contribution < 1.29 is 19.4 Å². The van der Waals surface area contributed by atoms with E-state index in [4.69, 9.17) is 4.74 Å². The van der Waals surface area contributed by atoms with Gasteiger partial charge >= 0.3 is 5.97 Å². The number of hydrogen-bond acceptors (Lipinski definition) is 4. The van der Waals surface area contributed by atoms with E-state index in [1.54, 1.807) is 12.5 Å². The third-order valence-corrected chi connectivity index (χ3v) is 14.6. The lowest BCUT2D eigenvalue weighted by atomic mass is 9.33. The van der Waals surface area contributed by atoms with E-state index in [1.165, 1.54) is 12.8 Å². The third-order valence-electron chi connectivity index (χ3n) is 14.6. The van der Waals surface area contributed by atoms with Gasteiger partial charge in [-0.2, -0.15) is 0 Å². The highest BCUT2D eigenvalue weighted by Gasteiger charge is 2.69. The lowest BCUT2D eigenvalue weighted by Gasteiger charge is -2.71. The van der Waals surface area contributed by atoms with E-state index < -0.39 is 0 Å². The quantitative estimate of drug-likeness (QED) is 0.198. The normalized spacial score (nSPS) is 46.6. The minimum Gasteiger partial charge on any atom is -0.462 e. The molecule has 0 radical (unpaired) electrons. The molecule has 0 aromatic carbocycles. The Balaban J connectivity index is 1.50. The van der Waals surface area contributed by atoms with Crippen molar-refractivity contribution in [3.8, 4) is 0 Å². The number of amides is 1. The second kappa shape index (κ2) is 10.7. The maximum Gasteiger partial charge on any atom is 0.302 e. The molecule has 232 valence electrons. The van der Waals surface area contributed by atoms with E-state index in [0.717, 1.165) is 57.8 Å². The number of unbranched alkanes of at least 4 members (excludes halogenated alkanes) is 1. The molecule has 4 fully saturated rings. The van der Waals surface area contributed by atoms with Gasteiger partial charge in [0.2, 0.25) is 5.91 Å². The van der Waals surface area contributed by atoms with Gasteiger partial charge in [0.05, 0.1) is 5.41 Å². The minimum absolute atomic E-state index is 0.00322. The maximum absolute atomic E-state index is 14.1. The number of nitrogens with one attached hydrogen (secondary N) is 1. The van der Waals surface area contributed by atoms with Crippen LogP contribution in [0.5, 0.6) is 0 Å². The Hall–Kier alpha value is -1.36. The number of hydrogen-bond donors (Lipinski definition) is 2. The molecule has 4 saturated carbocycles. The van der Waals surface area contributed by atoms with Crippen LogP contribution in [0.4, 0.5) is 0 Å². The highest BCUT2D eigenvalue weighted by atomic mass is 16.5. The van der Waals surface area contributed by atoms with Crippen molar-refractivity contribution in [1.29, 1.82) is 0 Å². The van der Waals surface area contributed by atoms with Gasteiger partial charge < -0.3 is 15.2 Å². The van der Waals surface area contributed by atoms with E-state index in [9.17, 15) is 14.7 Å². The van der Waals surface area contributed by atoms with Crippen LogP contribution in [0.2, 0.25) is 0 Å². The van der Waals surface area contributed by atoms with Gasteiger partial charge in [-0.15, -0.1) is 0 Å². The van der Waals surface area contributed by atoms with Crippen molar-refractivity contribution in [2.45, 2.75) is 132 Å². The second-order valence-corrected chi connectivity index (χ2v) is 16.4. The molecular formula is C36H59NO4. The van der Waals surface area contributed by atoms with Crippen LogP contribution in [0.3, 0.4) is 0 Å². The molecule has 0 saturated heterocycles. The van der Waals surface area contributed by atoms with Crippen molar-refractivity contribution in [3.63, 3.8) is 0 Å². The number of carbonyl (C=O) groups is 2. The minimum atomic E-state index is -0.301. The summed E-state index contributed by atoms with van der Waals surface area (Å²) >= 11 is 0. The van der Waals surface area contributed by atoms with Crippen molar-refractivity contribution in [2.75, 3.05) is 13.2 Å². The summed E-state index contributed by atoms with van der Waals surface area (Å²) in [6.45, 7) is 19.7. The van der Waals surface area contributed by atoms with E-state index in [1.807, 2.05) is 0 Å². The molecule has 0 heterocycles. The molecule has 0 aromatic rings. The second-order valence-electron chi connectivity index (χ2n) is 16.4. The molecule has 5 aliphatic carbocycles. The molecule has 0 spiro atoms. The first kappa shape index (κ1) is 31.1. The Kier molecular flexibility index (Phi) is 8.08. The number of esters is 1. The number of carbonyl (C=O) groups excluding carboxylic acids is 2. The highest BCUT2D eigenvalue weighted by Crippen LogP contribution is 2.75. The van der Waals surface area contributed by atoms with Crippen molar-refractivity contribution >= 4 is 11.9 Å². The number of aliphatic hydroxyl groups is 1. The predicted molar refractivity (Wildman–Crippen MR) is 164 cm³/mol. The van der Waals surface area contributed by atoms with Gasteiger partial charge in [-0.1, -0.05) is 60.1 Å². The third kappa shape index (κ3) is 4.48. The number of aliphatic hydroxyl groups excluding tert-OH is 1. The Morgan fingerprint density at radius 1 is 0.951 bits per heavy atom. The van der Waals surface area contributed by atoms with Gasteiger partial charge in [0.25, 0.3) is 0 Å². The van der Waals surface area contributed by atoms with Crippen LogP contribution in [0, 0.1) is 56.7 Å². The summed E-state index contributed by atoms with van der Waals surface area (Å²) in [5.74, 6) is 2.67. The standard InChI is InChI=1S/C36H59NO4/c1-23-13-18-36(31(40)37-21-9-10-22-38)20-19-34(7)26(30(36)24(23)2)11-12-28-33(6)16-15-29(41-25(3)39)32(4,5)27(33)14-17-35(28,34)8/h11,23-24,27-30,38H,9-10,12-22H2,1-8H3,(H,37,40)/t23-,24+,27?,28?,29+,30?,33+,34-,35-,36+/m1/s1. The maximum atomic E-state index is 14.1. The van der Waals surface area contributed by atoms with Crippen LogP contribution in [0.15, 0.2) is 11.6 Å².